The van der Waals surface area contributed by atoms with Gasteiger partial charge in [0.1, 0.15) is 23.6 Å². The molecule has 0 aliphatic carbocycles. The van der Waals surface area contributed by atoms with E-state index in [1.165, 1.54) is 0 Å². The van der Waals surface area contributed by atoms with Crippen molar-refractivity contribution in [1.82, 2.24) is 14.9 Å². The van der Waals surface area contributed by atoms with Gasteiger partial charge in [-0.15, -0.1) is 0 Å². The number of nitriles is 2. The lowest BCUT2D eigenvalue weighted by Crippen LogP contribution is -2.32. The van der Waals surface area contributed by atoms with Crippen LogP contribution in [0.2, 0.25) is 5.15 Å². The number of nitrogens with zero attached hydrogens (tertiary/aromatic N) is 5. The van der Waals surface area contributed by atoms with Gasteiger partial charge in [-0.3, -0.25) is 4.90 Å². The van der Waals surface area contributed by atoms with Gasteiger partial charge in [0.2, 0.25) is 5.88 Å². The molecule has 7 nitrogen and oxygen atoms in total. The van der Waals surface area contributed by atoms with Crippen LogP contribution in [0, 0.1) is 29.6 Å². The summed E-state index contributed by atoms with van der Waals surface area (Å²) in [5, 5.41) is 30.9. The van der Waals surface area contributed by atoms with Gasteiger partial charge in [-0.1, -0.05) is 17.7 Å². The molecule has 0 fully saturated rings. The molecule has 3 heterocycles. The van der Waals surface area contributed by atoms with E-state index >= 15 is 0 Å². The molecule has 0 aromatic carbocycles. The highest BCUT2D eigenvalue weighted by molar-refractivity contribution is 6.30. The molecule has 0 bridgehead atoms. The fourth-order valence-corrected chi connectivity index (χ4v) is 3.40. The van der Waals surface area contributed by atoms with Crippen LogP contribution in [0.25, 0.3) is 0 Å². The lowest BCUT2D eigenvalue weighted by Gasteiger charge is -2.31. The number of aromatic nitrogens is 2. The number of fused-ring (bicyclic) bond motifs is 1. The van der Waals surface area contributed by atoms with Crippen LogP contribution in [-0.4, -0.2) is 33.1 Å². The van der Waals surface area contributed by atoms with Gasteiger partial charge in [0.15, 0.2) is 0 Å². The number of aromatic hydroxyl groups is 1. The van der Waals surface area contributed by atoms with E-state index in [-0.39, 0.29) is 17.6 Å². The Morgan fingerprint density at radius 3 is 2.81 bits per heavy atom. The first-order valence-electron chi connectivity index (χ1n) is 8.13. The van der Waals surface area contributed by atoms with E-state index in [0.29, 0.717) is 30.9 Å². The molecule has 0 saturated carbocycles. The first kappa shape index (κ1) is 17.9. The van der Waals surface area contributed by atoms with Crippen molar-refractivity contribution in [3.8, 4) is 18.0 Å². The molecule has 0 saturated heterocycles. The summed E-state index contributed by atoms with van der Waals surface area (Å²) in [6.45, 7) is 3.98. The van der Waals surface area contributed by atoms with E-state index in [1.807, 2.05) is 19.1 Å². The highest BCUT2D eigenvalue weighted by atomic mass is 35.5. The Labute approximate surface area is 156 Å². The Morgan fingerprint density at radius 1 is 1.31 bits per heavy atom. The second-order valence-electron chi connectivity index (χ2n) is 6.08. The SMILES string of the molecule is Cc1nc(O)ccc1CN1CCc2c(NCC#N)nc(Cl)c(C#N)c2C1. The third kappa shape index (κ3) is 3.55. The fourth-order valence-electron chi connectivity index (χ4n) is 3.16. The molecule has 26 heavy (non-hydrogen) atoms. The van der Waals surface area contributed by atoms with E-state index in [2.05, 4.69) is 26.3 Å². The summed E-state index contributed by atoms with van der Waals surface area (Å²) >= 11 is 6.18. The maximum Gasteiger partial charge on any atom is 0.210 e. The first-order valence-corrected chi connectivity index (χ1v) is 8.51. The Balaban J connectivity index is 1.90. The maximum absolute atomic E-state index is 9.49. The van der Waals surface area contributed by atoms with Gasteiger partial charge in [0.25, 0.3) is 0 Å². The van der Waals surface area contributed by atoms with E-state index in [4.69, 9.17) is 16.9 Å². The van der Waals surface area contributed by atoms with E-state index in [9.17, 15) is 10.4 Å². The quantitative estimate of drug-likeness (QED) is 0.630. The minimum absolute atomic E-state index is 0.00747. The molecule has 0 radical (unpaired) electrons. The summed E-state index contributed by atoms with van der Waals surface area (Å²) < 4.78 is 0. The molecule has 0 spiro atoms. The summed E-state index contributed by atoms with van der Waals surface area (Å²) in [5.41, 5.74) is 3.98. The third-order valence-electron chi connectivity index (χ3n) is 4.45. The van der Waals surface area contributed by atoms with Crippen LogP contribution < -0.4 is 5.32 Å². The number of hydrogen-bond acceptors (Lipinski definition) is 7. The highest BCUT2D eigenvalue weighted by Crippen LogP contribution is 2.32. The largest absolute Gasteiger partial charge is 0.493 e. The predicted octanol–water partition coefficient (Wildman–Crippen LogP) is 2.51. The lowest BCUT2D eigenvalue weighted by atomic mass is 9.96. The van der Waals surface area contributed by atoms with Crippen LogP contribution in [0.15, 0.2) is 12.1 Å². The first-order chi connectivity index (χ1) is 12.5. The molecule has 132 valence electrons. The Hall–Kier alpha value is -2.87. The highest BCUT2D eigenvalue weighted by Gasteiger charge is 2.25. The number of anilines is 1. The van der Waals surface area contributed by atoms with Crippen molar-refractivity contribution in [3.63, 3.8) is 0 Å². The molecule has 3 rings (SSSR count). The van der Waals surface area contributed by atoms with Crippen molar-refractivity contribution >= 4 is 17.4 Å². The van der Waals surface area contributed by atoms with Gasteiger partial charge in [0.05, 0.1) is 11.6 Å². The normalized spacial score (nSPS) is 13.5. The molecule has 2 N–H and O–H groups in total. The van der Waals surface area contributed by atoms with E-state index < -0.39 is 0 Å². The minimum Gasteiger partial charge on any atom is -0.493 e. The summed E-state index contributed by atoms with van der Waals surface area (Å²) in [4.78, 5) is 10.5. The van der Waals surface area contributed by atoms with E-state index in [1.54, 1.807) is 6.07 Å². The standard InChI is InChI=1S/C18H17ClN6O/c1-11-12(2-3-16(26)23-11)9-25-7-4-13-15(10-25)14(8-21)17(19)24-18(13)22-6-5-20/h2-3H,4,6-7,9-10H2,1H3,(H,22,24)(H,23,26). The van der Waals surface area contributed by atoms with Gasteiger partial charge in [-0.05, 0) is 24.5 Å². The molecular formula is C18H17ClN6O. The van der Waals surface area contributed by atoms with Crippen LogP contribution in [0.5, 0.6) is 5.88 Å². The molecule has 1 aliphatic heterocycles. The summed E-state index contributed by atoms with van der Waals surface area (Å²) in [5.74, 6) is 0.584. The molecule has 8 heteroatoms. The Morgan fingerprint density at radius 2 is 2.12 bits per heavy atom. The van der Waals surface area contributed by atoms with Gasteiger partial charge in [-0.25, -0.2) is 9.97 Å². The second-order valence-corrected chi connectivity index (χ2v) is 6.44. The zero-order valence-electron chi connectivity index (χ0n) is 14.3. The lowest BCUT2D eigenvalue weighted by molar-refractivity contribution is 0.244. The topological polar surface area (TPSA) is 109 Å². The number of nitrogens with one attached hydrogen (secondary N) is 1. The molecule has 0 atom stereocenters. The second kappa shape index (κ2) is 7.57. The molecule has 2 aromatic rings. The number of pyridine rings is 2. The summed E-state index contributed by atoms with van der Waals surface area (Å²) in [7, 11) is 0. The monoisotopic (exact) mass is 368 g/mol. The van der Waals surface area contributed by atoms with Crippen LogP contribution in [0.3, 0.4) is 0 Å². The van der Waals surface area contributed by atoms with Crippen molar-refractivity contribution in [2.24, 2.45) is 0 Å². The molecule has 0 unspecified atom stereocenters. The average Bonchev–Trinajstić information content (AvgIpc) is 2.62. The zero-order chi connectivity index (χ0) is 18.7. The molecule has 0 amide bonds. The zero-order valence-corrected chi connectivity index (χ0v) is 15.0. The van der Waals surface area contributed by atoms with Gasteiger partial charge < -0.3 is 10.4 Å². The molecule has 1 aliphatic rings. The predicted molar refractivity (Wildman–Crippen MR) is 96.5 cm³/mol. The van der Waals surface area contributed by atoms with Crippen LogP contribution >= 0.6 is 11.6 Å². The Bertz CT molecular complexity index is 931. The van der Waals surface area contributed by atoms with Crippen molar-refractivity contribution < 1.29 is 5.11 Å². The van der Waals surface area contributed by atoms with Crippen LogP contribution in [0.1, 0.15) is 27.9 Å². The van der Waals surface area contributed by atoms with Crippen molar-refractivity contribution in [1.29, 1.82) is 10.5 Å². The molecule has 2 aromatic heterocycles. The maximum atomic E-state index is 9.49. The number of aryl methyl sites for hydroxylation is 1. The number of halogens is 1. The summed E-state index contributed by atoms with van der Waals surface area (Å²) in [6, 6.07) is 7.61. The average molecular weight is 369 g/mol. The molecular weight excluding hydrogens is 352 g/mol. The van der Waals surface area contributed by atoms with Gasteiger partial charge in [0, 0.05) is 37.0 Å². The smallest absolute Gasteiger partial charge is 0.210 e. The van der Waals surface area contributed by atoms with Crippen molar-refractivity contribution in [3.05, 3.63) is 45.2 Å². The van der Waals surface area contributed by atoms with E-state index in [0.717, 1.165) is 28.9 Å². The Kier molecular flexibility index (Phi) is 5.22. The third-order valence-corrected chi connectivity index (χ3v) is 4.72. The van der Waals surface area contributed by atoms with Crippen molar-refractivity contribution in [2.75, 3.05) is 18.4 Å². The fraction of sp³-hybridized carbons (Fsp3) is 0.333. The number of rotatable bonds is 4. The van der Waals surface area contributed by atoms with Gasteiger partial charge >= 0.3 is 0 Å². The summed E-state index contributed by atoms with van der Waals surface area (Å²) in [6.07, 6.45) is 0.701. The minimum atomic E-state index is 0.00747. The van der Waals surface area contributed by atoms with Gasteiger partial charge in [-0.2, -0.15) is 10.5 Å². The van der Waals surface area contributed by atoms with Crippen LogP contribution in [-0.2, 0) is 19.5 Å². The number of hydrogen-bond donors (Lipinski definition) is 2. The van der Waals surface area contributed by atoms with Crippen LogP contribution in [0.4, 0.5) is 5.82 Å². The van der Waals surface area contributed by atoms with Crippen molar-refractivity contribution in [2.45, 2.75) is 26.4 Å².